The third-order valence-corrected chi connectivity index (χ3v) is 3.65. The second-order valence-electron chi connectivity index (χ2n) is 5.48. The second kappa shape index (κ2) is 6.53. The van der Waals surface area contributed by atoms with E-state index in [4.69, 9.17) is 5.11 Å². The summed E-state index contributed by atoms with van der Waals surface area (Å²) in [4.78, 5) is 21.3. The van der Waals surface area contributed by atoms with Crippen LogP contribution in [-0.4, -0.2) is 42.4 Å². The van der Waals surface area contributed by atoms with Crippen LogP contribution in [0.4, 0.5) is 5.95 Å². The van der Waals surface area contributed by atoms with Crippen molar-refractivity contribution in [2.24, 2.45) is 7.05 Å². The molecule has 0 saturated heterocycles. The topological polar surface area (TPSA) is 89.1 Å². The highest BCUT2D eigenvalue weighted by Crippen LogP contribution is 2.13. The number of hydrogen-bond donors (Lipinski definition) is 1. The standard InChI is InChI=1S/C16H18N6O2/c1-20(16-18-14(15(23)24)19-21(16)2)11-13-17-8-9-22(13)10-12-6-4-3-5-7-12/h3-9H,10-11H2,1-2H3,(H,23,24). The Morgan fingerprint density at radius 2 is 2.04 bits per heavy atom. The minimum atomic E-state index is -1.14. The summed E-state index contributed by atoms with van der Waals surface area (Å²) in [6.07, 6.45) is 3.68. The molecule has 8 nitrogen and oxygen atoms in total. The molecule has 0 unspecified atom stereocenters. The van der Waals surface area contributed by atoms with Gasteiger partial charge in [-0.3, -0.25) is 0 Å². The Bertz CT molecular complexity index is 839. The van der Waals surface area contributed by atoms with E-state index in [2.05, 4.69) is 31.8 Å². The van der Waals surface area contributed by atoms with E-state index < -0.39 is 5.97 Å². The summed E-state index contributed by atoms with van der Waals surface area (Å²) in [7, 11) is 3.50. The van der Waals surface area contributed by atoms with Crippen LogP contribution in [0.15, 0.2) is 42.7 Å². The van der Waals surface area contributed by atoms with Crippen LogP contribution in [0.25, 0.3) is 0 Å². The van der Waals surface area contributed by atoms with Crippen LogP contribution in [-0.2, 0) is 20.1 Å². The second-order valence-corrected chi connectivity index (χ2v) is 5.48. The first-order chi connectivity index (χ1) is 11.5. The van der Waals surface area contributed by atoms with Gasteiger partial charge in [0.2, 0.25) is 5.95 Å². The van der Waals surface area contributed by atoms with Gasteiger partial charge in [0, 0.05) is 33.0 Å². The number of benzene rings is 1. The fourth-order valence-electron chi connectivity index (χ4n) is 2.50. The van der Waals surface area contributed by atoms with Gasteiger partial charge >= 0.3 is 5.97 Å². The highest BCUT2D eigenvalue weighted by atomic mass is 16.4. The molecule has 3 rings (SSSR count). The van der Waals surface area contributed by atoms with E-state index >= 15 is 0 Å². The SMILES string of the molecule is CN(Cc1nccn1Cc1ccccc1)c1nc(C(=O)O)nn1C. The average molecular weight is 326 g/mol. The number of imidazole rings is 1. The zero-order chi connectivity index (χ0) is 17.1. The lowest BCUT2D eigenvalue weighted by molar-refractivity contribution is 0.0683. The number of carboxylic acids is 1. The first-order valence-corrected chi connectivity index (χ1v) is 7.44. The van der Waals surface area contributed by atoms with E-state index in [1.54, 1.807) is 13.2 Å². The molecule has 0 bridgehead atoms. The van der Waals surface area contributed by atoms with E-state index in [-0.39, 0.29) is 5.82 Å². The van der Waals surface area contributed by atoms with Crippen molar-refractivity contribution in [1.29, 1.82) is 0 Å². The van der Waals surface area contributed by atoms with Crippen molar-refractivity contribution in [3.8, 4) is 0 Å². The molecule has 0 atom stereocenters. The van der Waals surface area contributed by atoms with Crippen LogP contribution in [0, 0.1) is 0 Å². The smallest absolute Gasteiger partial charge is 0.375 e. The molecule has 2 heterocycles. The van der Waals surface area contributed by atoms with Gasteiger partial charge in [-0.2, -0.15) is 4.98 Å². The Labute approximate surface area is 139 Å². The Morgan fingerprint density at radius 3 is 2.71 bits per heavy atom. The van der Waals surface area contributed by atoms with Crippen LogP contribution in [0.1, 0.15) is 22.0 Å². The molecule has 24 heavy (non-hydrogen) atoms. The summed E-state index contributed by atoms with van der Waals surface area (Å²) in [5.74, 6) is -0.0225. The monoisotopic (exact) mass is 326 g/mol. The number of rotatable bonds is 6. The molecule has 124 valence electrons. The Morgan fingerprint density at radius 1 is 1.29 bits per heavy atom. The fraction of sp³-hybridized carbons (Fsp3) is 0.250. The zero-order valence-corrected chi connectivity index (χ0v) is 13.5. The predicted molar refractivity (Wildman–Crippen MR) is 87.8 cm³/mol. The first-order valence-electron chi connectivity index (χ1n) is 7.44. The number of nitrogens with zero attached hydrogens (tertiary/aromatic N) is 6. The van der Waals surface area contributed by atoms with Gasteiger partial charge in [0.1, 0.15) is 5.82 Å². The largest absolute Gasteiger partial charge is 0.475 e. The van der Waals surface area contributed by atoms with Crippen LogP contribution < -0.4 is 4.90 Å². The molecule has 0 aliphatic carbocycles. The maximum Gasteiger partial charge on any atom is 0.375 e. The van der Waals surface area contributed by atoms with Crippen molar-refractivity contribution < 1.29 is 9.90 Å². The molecular weight excluding hydrogens is 308 g/mol. The molecule has 0 saturated carbocycles. The normalized spacial score (nSPS) is 10.8. The number of carbonyl (C=O) groups is 1. The Kier molecular flexibility index (Phi) is 4.28. The van der Waals surface area contributed by atoms with Gasteiger partial charge in [0.15, 0.2) is 0 Å². The lowest BCUT2D eigenvalue weighted by Gasteiger charge is -2.17. The van der Waals surface area contributed by atoms with Crippen molar-refractivity contribution in [2.75, 3.05) is 11.9 Å². The third-order valence-electron chi connectivity index (χ3n) is 3.65. The van der Waals surface area contributed by atoms with Crippen LogP contribution >= 0.6 is 0 Å². The number of hydrogen-bond acceptors (Lipinski definition) is 5. The summed E-state index contributed by atoms with van der Waals surface area (Å²) in [5, 5.41) is 12.9. The highest BCUT2D eigenvalue weighted by Gasteiger charge is 2.17. The molecule has 0 amide bonds. The van der Waals surface area contributed by atoms with E-state index in [1.807, 2.05) is 36.3 Å². The van der Waals surface area contributed by atoms with E-state index in [1.165, 1.54) is 10.2 Å². The van der Waals surface area contributed by atoms with Gasteiger partial charge in [0.25, 0.3) is 5.82 Å². The Balaban J connectivity index is 1.77. The molecule has 0 aliphatic rings. The summed E-state index contributed by atoms with van der Waals surface area (Å²) >= 11 is 0. The van der Waals surface area contributed by atoms with Gasteiger partial charge < -0.3 is 14.6 Å². The zero-order valence-electron chi connectivity index (χ0n) is 13.5. The van der Waals surface area contributed by atoms with Gasteiger partial charge in [0.05, 0.1) is 6.54 Å². The minimum Gasteiger partial charge on any atom is -0.475 e. The van der Waals surface area contributed by atoms with Crippen molar-refractivity contribution in [2.45, 2.75) is 13.1 Å². The van der Waals surface area contributed by atoms with Crippen molar-refractivity contribution in [3.05, 3.63) is 59.9 Å². The summed E-state index contributed by atoms with van der Waals surface area (Å²) in [6, 6.07) is 10.1. The third kappa shape index (κ3) is 3.27. The lowest BCUT2D eigenvalue weighted by Crippen LogP contribution is -2.23. The minimum absolute atomic E-state index is 0.216. The molecule has 2 aromatic heterocycles. The molecule has 1 aromatic carbocycles. The van der Waals surface area contributed by atoms with Crippen molar-refractivity contribution in [3.63, 3.8) is 0 Å². The average Bonchev–Trinajstić information content (AvgIpc) is 3.15. The molecule has 0 spiro atoms. The fourth-order valence-corrected chi connectivity index (χ4v) is 2.50. The summed E-state index contributed by atoms with van der Waals surface area (Å²) < 4.78 is 3.51. The number of carboxylic acid groups (broad SMARTS) is 1. The first kappa shape index (κ1) is 15.7. The number of aromatic nitrogens is 5. The molecule has 3 aromatic rings. The van der Waals surface area contributed by atoms with Crippen LogP contribution in [0.2, 0.25) is 0 Å². The van der Waals surface area contributed by atoms with Crippen LogP contribution in [0.5, 0.6) is 0 Å². The van der Waals surface area contributed by atoms with Gasteiger partial charge in [-0.25, -0.2) is 14.5 Å². The highest BCUT2D eigenvalue weighted by molar-refractivity contribution is 5.83. The number of aromatic carboxylic acids is 1. The predicted octanol–water partition coefficient (Wildman–Crippen LogP) is 1.39. The van der Waals surface area contributed by atoms with E-state index in [0.29, 0.717) is 12.5 Å². The summed E-state index contributed by atoms with van der Waals surface area (Å²) in [6.45, 7) is 1.22. The molecular formula is C16H18N6O2. The van der Waals surface area contributed by atoms with Crippen molar-refractivity contribution in [1.82, 2.24) is 24.3 Å². The van der Waals surface area contributed by atoms with E-state index in [9.17, 15) is 4.79 Å². The van der Waals surface area contributed by atoms with Gasteiger partial charge in [-0.05, 0) is 5.56 Å². The number of anilines is 1. The van der Waals surface area contributed by atoms with Crippen LogP contribution in [0.3, 0.4) is 0 Å². The molecule has 1 N–H and O–H groups in total. The molecule has 8 heteroatoms. The van der Waals surface area contributed by atoms with Crippen molar-refractivity contribution >= 4 is 11.9 Å². The number of aryl methyl sites for hydroxylation is 1. The Hall–Kier alpha value is -3.16. The molecule has 0 radical (unpaired) electrons. The maximum atomic E-state index is 11.0. The quantitative estimate of drug-likeness (QED) is 0.736. The van der Waals surface area contributed by atoms with E-state index in [0.717, 1.165) is 12.4 Å². The van der Waals surface area contributed by atoms with Gasteiger partial charge in [-0.15, -0.1) is 5.10 Å². The molecule has 0 aliphatic heterocycles. The molecule has 0 fully saturated rings. The lowest BCUT2D eigenvalue weighted by atomic mass is 10.2. The van der Waals surface area contributed by atoms with Gasteiger partial charge in [-0.1, -0.05) is 30.3 Å². The summed E-state index contributed by atoms with van der Waals surface area (Å²) in [5.41, 5.74) is 1.19. The maximum absolute atomic E-state index is 11.0.